The summed E-state index contributed by atoms with van der Waals surface area (Å²) in [5.41, 5.74) is 1.89. The van der Waals surface area contributed by atoms with E-state index < -0.39 is 5.60 Å². The fourth-order valence-corrected chi connectivity index (χ4v) is 2.55. The average molecular weight is 277 g/mol. The van der Waals surface area contributed by atoms with Gasteiger partial charge in [-0.1, -0.05) is 6.07 Å². The summed E-state index contributed by atoms with van der Waals surface area (Å²) >= 11 is 0. The molecule has 20 heavy (non-hydrogen) atoms. The normalized spacial score (nSPS) is 18.9. The van der Waals surface area contributed by atoms with Crippen LogP contribution in [0.15, 0.2) is 18.2 Å². The number of aryl methyl sites for hydroxylation is 1. The van der Waals surface area contributed by atoms with E-state index in [0.29, 0.717) is 0 Å². The van der Waals surface area contributed by atoms with Crippen molar-refractivity contribution >= 4 is 6.09 Å². The molecule has 1 aliphatic carbocycles. The van der Waals surface area contributed by atoms with Gasteiger partial charge in [-0.25, -0.2) is 4.79 Å². The highest BCUT2D eigenvalue weighted by atomic mass is 16.6. The molecule has 0 spiro atoms. The molecule has 0 saturated carbocycles. The second kappa shape index (κ2) is 5.73. The maximum absolute atomic E-state index is 11.8. The summed E-state index contributed by atoms with van der Waals surface area (Å²) in [7, 11) is 0. The molecule has 110 valence electrons. The smallest absolute Gasteiger partial charge is 0.407 e. The van der Waals surface area contributed by atoms with Gasteiger partial charge in [0.25, 0.3) is 0 Å². The number of amides is 1. The van der Waals surface area contributed by atoms with Crippen LogP contribution < -0.4 is 5.32 Å². The minimum atomic E-state index is -0.481. The predicted molar refractivity (Wildman–Crippen MR) is 77.9 cm³/mol. The molecule has 2 rings (SSSR count). The topological polar surface area (TPSA) is 58.6 Å². The first kappa shape index (κ1) is 14.7. The molecule has 1 aromatic rings. The lowest BCUT2D eigenvalue weighted by Crippen LogP contribution is -2.40. The molecular weight excluding hydrogens is 254 g/mol. The van der Waals surface area contributed by atoms with Crippen molar-refractivity contribution in [1.29, 1.82) is 0 Å². The number of carbonyl (C=O) groups is 1. The average Bonchev–Trinajstić information content (AvgIpc) is 2.47. The molecule has 1 aliphatic rings. The lowest BCUT2D eigenvalue weighted by atomic mass is 10.0. The number of rotatable bonds is 1. The largest absolute Gasteiger partial charge is 0.508 e. The zero-order chi connectivity index (χ0) is 14.8. The van der Waals surface area contributed by atoms with Crippen LogP contribution in [0.1, 0.15) is 44.7 Å². The van der Waals surface area contributed by atoms with Crippen molar-refractivity contribution in [2.45, 2.75) is 58.1 Å². The highest BCUT2D eigenvalue weighted by Gasteiger charge is 2.22. The quantitative estimate of drug-likeness (QED) is 0.775. The van der Waals surface area contributed by atoms with Gasteiger partial charge in [0.2, 0.25) is 0 Å². The van der Waals surface area contributed by atoms with Gasteiger partial charge in [-0.05, 0) is 69.7 Å². The minimum Gasteiger partial charge on any atom is -0.508 e. The van der Waals surface area contributed by atoms with E-state index in [1.54, 1.807) is 12.1 Å². The molecule has 0 aromatic heterocycles. The Morgan fingerprint density at radius 3 is 2.80 bits per heavy atom. The van der Waals surface area contributed by atoms with Gasteiger partial charge in [-0.15, -0.1) is 0 Å². The summed E-state index contributed by atoms with van der Waals surface area (Å²) in [4.78, 5) is 11.8. The number of nitrogens with one attached hydrogen (secondary N) is 1. The molecule has 2 N–H and O–H groups in total. The van der Waals surface area contributed by atoms with Crippen LogP contribution in [0.3, 0.4) is 0 Å². The van der Waals surface area contributed by atoms with Crippen LogP contribution in [0.5, 0.6) is 5.75 Å². The van der Waals surface area contributed by atoms with Gasteiger partial charge in [-0.3, -0.25) is 0 Å². The van der Waals surface area contributed by atoms with Crippen molar-refractivity contribution in [2.75, 3.05) is 0 Å². The summed E-state index contributed by atoms with van der Waals surface area (Å²) in [6, 6.07) is 5.55. The third kappa shape index (κ3) is 4.15. The number of phenols is 1. The van der Waals surface area contributed by atoms with Gasteiger partial charge >= 0.3 is 6.09 Å². The van der Waals surface area contributed by atoms with Gasteiger partial charge < -0.3 is 15.2 Å². The van der Waals surface area contributed by atoms with E-state index in [0.717, 1.165) is 31.2 Å². The van der Waals surface area contributed by atoms with Crippen molar-refractivity contribution in [3.63, 3.8) is 0 Å². The molecule has 0 heterocycles. The van der Waals surface area contributed by atoms with Gasteiger partial charge in [-0.2, -0.15) is 0 Å². The molecule has 1 amide bonds. The summed E-state index contributed by atoms with van der Waals surface area (Å²) in [6.45, 7) is 5.56. The number of hydrogen-bond acceptors (Lipinski definition) is 3. The number of ether oxygens (including phenoxy) is 1. The first-order valence-corrected chi connectivity index (χ1v) is 7.14. The monoisotopic (exact) mass is 277 g/mol. The second-order valence-corrected chi connectivity index (χ2v) is 6.39. The maximum atomic E-state index is 11.8. The molecule has 1 atom stereocenters. The molecule has 0 fully saturated rings. The van der Waals surface area contributed by atoms with E-state index in [2.05, 4.69) is 5.32 Å². The zero-order valence-corrected chi connectivity index (χ0v) is 12.4. The molecule has 0 aliphatic heterocycles. The number of alkyl carbamates (subject to hydrolysis) is 1. The van der Waals surface area contributed by atoms with Crippen molar-refractivity contribution in [2.24, 2.45) is 0 Å². The molecule has 0 unspecified atom stereocenters. The Bertz CT molecular complexity index is 491. The fraction of sp³-hybridized carbons (Fsp3) is 0.562. The SMILES string of the molecule is CC(C)(C)OC(=O)N[C@H]1CCCc2ccc(O)cc2C1. The van der Waals surface area contributed by atoms with Gasteiger partial charge in [0.05, 0.1) is 0 Å². The minimum absolute atomic E-state index is 0.0629. The Kier molecular flexibility index (Phi) is 4.21. The number of benzene rings is 1. The number of aromatic hydroxyl groups is 1. The highest BCUT2D eigenvalue weighted by molar-refractivity contribution is 5.68. The van der Waals surface area contributed by atoms with Crippen molar-refractivity contribution in [3.8, 4) is 5.75 Å². The molecule has 1 aromatic carbocycles. The van der Waals surface area contributed by atoms with Gasteiger partial charge in [0, 0.05) is 6.04 Å². The Morgan fingerprint density at radius 2 is 2.10 bits per heavy atom. The predicted octanol–water partition coefficient (Wildman–Crippen LogP) is 3.16. The van der Waals surface area contributed by atoms with E-state index in [4.69, 9.17) is 4.74 Å². The third-order valence-electron chi connectivity index (χ3n) is 3.38. The van der Waals surface area contributed by atoms with E-state index in [9.17, 15) is 9.90 Å². The lowest BCUT2D eigenvalue weighted by molar-refractivity contribution is 0.0502. The Morgan fingerprint density at radius 1 is 1.35 bits per heavy atom. The molecular formula is C16H23NO3. The molecule has 0 bridgehead atoms. The van der Waals surface area contributed by atoms with Crippen LogP contribution in [0.2, 0.25) is 0 Å². The van der Waals surface area contributed by atoms with Crippen LogP contribution in [0, 0.1) is 0 Å². The number of carbonyl (C=O) groups excluding carboxylic acids is 1. The molecule has 4 heteroatoms. The van der Waals surface area contributed by atoms with Gasteiger partial charge in [0.1, 0.15) is 11.4 Å². The Labute approximate surface area is 120 Å². The number of hydrogen-bond donors (Lipinski definition) is 2. The standard InChI is InChI=1S/C16H23NO3/c1-16(2,3)20-15(19)17-13-6-4-5-11-7-8-14(18)10-12(11)9-13/h7-8,10,13,18H,4-6,9H2,1-3H3,(H,17,19)/t13-/m0/s1. The highest BCUT2D eigenvalue weighted by Crippen LogP contribution is 2.24. The Hall–Kier alpha value is -1.71. The Balaban J connectivity index is 2.02. The van der Waals surface area contributed by atoms with Crippen molar-refractivity contribution < 1.29 is 14.6 Å². The van der Waals surface area contributed by atoms with E-state index >= 15 is 0 Å². The summed E-state index contributed by atoms with van der Waals surface area (Å²) in [6.07, 6.45) is 3.31. The van der Waals surface area contributed by atoms with E-state index in [1.165, 1.54) is 5.56 Å². The molecule has 4 nitrogen and oxygen atoms in total. The second-order valence-electron chi connectivity index (χ2n) is 6.39. The number of fused-ring (bicyclic) bond motifs is 1. The maximum Gasteiger partial charge on any atom is 0.407 e. The summed E-state index contributed by atoms with van der Waals surface area (Å²) in [5.74, 6) is 0.279. The molecule has 0 radical (unpaired) electrons. The van der Waals surface area contributed by atoms with Crippen molar-refractivity contribution in [3.05, 3.63) is 29.3 Å². The summed E-state index contributed by atoms with van der Waals surface area (Å²) < 4.78 is 5.29. The van der Waals surface area contributed by atoms with Crippen LogP contribution in [0.4, 0.5) is 4.79 Å². The zero-order valence-electron chi connectivity index (χ0n) is 12.4. The summed E-state index contributed by atoms with van der Waals surface area (Å²) in [5, 5.41) is 12.5. The van der Waals surface area contributed by atoms with Crippen LogP contribution >= 0.6 is 0 Å². The molecule has 0 saturated heterocycles. The van der Waals surface area contributed by atoms with E-state index in [-0.39, 0.29) is 17.9 Å². The first-order chi connectivity index (χ1) is 9.33. The van der Waals surface area contributed by atoms with Crippen LogP contribution in [0.25, 0.3) is 0 Å². The van der Waals surface area contributed by atoms with E-state index in [1.807, 2.05) is 26.8 Å². The van der Waals surface area contributed by atoms with Crippen LogP contribution in [-0.4, -0.2) is 22.8 Å². The third-order valence-corrected chi connectivity index (χ3v) is 3.38. The number of phenolic OH excluding ortho intramolecular Hbond substituents is 1. The van der Waals surface area contributed by atoms with Crippen LogP contribution in [-0.2, 0) is 17.6 Å². The fourth-order valence-electron chi connectivity index (χ4n) is 2.55. The first-order valence-electron chi connectivity index (χ1n) is 7.14. The van der Waals surface area contributed by atoms with Crippen molar-refractivity contribution in [1.82, 2.24) is 5.32 Å². The van der Waals surface area contributed by atoms with Gasteiger partial charge in [0.15, 0.2) is 0 Å². The lowest BCUT2D eigenvalue weighted by Gasteiger charge is -2.23.